The van der Waals surface area contributed by atoms with Crippen LogP contribution in [0.3, 0.4) is 0 Å². The van der Waals surface area contributed by atoms with E-state index < -0.39 is 11.9 Å². The summed E-state index contributed by atoms with van der Waals surface area (Å²) in [7, 11) is 0. The molecule has 2 atom stereocenters. The van der Waals surface area contributed by atoms with Crippen LogP contribution in [0.5, 0.6) is 5.75 Å². The second-order valence-corrected chi connectivity index (χ2v) is 6.42. The van der Waals surface area contributed by atoms with Crippen LogP contribution >= 0.6 is 11.3 Å². The van der Waals surface area contributed by atoms with Gasteiger partial charge in [0.15, 0.2) is 0 Å². The number of aliphatic carboxylic acids is 2. The average Bonchev–Trinajstić information content (AvgIpc) is 3.06. The van der Waals surface area contributed by atoms with E-state index in [9.17, 15) is 4.39 Å². The monoisotopic (exact) mass is 369 g/mol. The van der Waals surface area contributed by atoms with Gasteiger partial charge in [0.2, 0.25) is 0 Å². The molecule has 0 aliphatic carbocycles. The highest BCUT2D eigenvalue weighted by Crippen LogP contribution is 2.30. The van der Waals surface area contributed by atoms with Crippen LogP contribution in [0.15, 0.2) is 41.8 Å². The molecule has 0 radical (unpaired) electrons. The molecule has 0 amide bonds. The van der Waals surface area contributed by atoms with Gasteiger partial charge in [-0.15, -0.1) is 11.3 Å². The molecule has 1 aromatic heterocycles. The van der Waals surface area contributed by atoms with Crippen molar-refractivity contribution in [2.24, 2.45) is 11.7 Å². The van der Waals surface area contributed by atoms with E-state index in [0.717, 1.165) is 4.88 Å². The summed E-state index contributed by atoms with van der Waals surface area (Å²) in [6, 6.07) is 9.99. The molecular weight excluding hydrogens is 349 g/mol. The number of carboxylic acid groups (broad SMARTS) is 2. The van der Waals surface area contributed by atoms with Crippen LogP contribution in [0.25, 0.3) is 0 Å². The predicted octanol–water partition coefficient (Wildman–Crippen LogP) is 3.15. The Morgan fingerprint density at radius 1 is 1.16 bits per heavy atom. The highest BCUT2D eigenvalue weighted by molar-refractivity contribution is 7.10. The fourth-order valence-electron chi connectivity index (χ4n) is 1.82. The quantitative estimate of drug-likeness (QED) is 0.699. The summed E-state index contributed by atoms with van der Waals surface area (Å²) in [5, 5.41) is 16.8. The summed E-state index contributed by atoms with van der Waals surface area (Å²) in [5.74, 6) is -3.17. The van der Waals surface area contributed by atoms with Crippen molar-refractivity contribution >= 4 is 23.3 Å². The summed E-state index contributed by atoms with van der Waals surface area (Å²) < 4.78 is 19.1. The van der Waals surface area contributed by atoms with Gasteiger partial charge < -0.3 is 20.7 Å². The maximum Gasteiger partial charge on any atom is 0.414 e. The Morgan fingerprint density at radius 2 is 1.80 bits per heavy atom. The molecule has 8 heteroatoms. The van der Waals surface area contributed by atoms with E-state index in [4.69, 9.17) is 30.3 Å². The third-order valence-corrected chi connectivity index (χ3v) is 4.12. The summed E-state index contributed by atoms with van der Waals surface area (Å²) >= 11 is 1.60. The number of halogens is 1. The number of thiophene rings is 1. The van der Waals surface area contributed by atoms with Crippen molar-refractivity contribution in [3.63, 3.8) is 0 Å². The molecule has 0 saturated heterocycles. The largest absolute Gasteiger partial charge is 0.483 e. The predicted molar refractivity (Wildman–Crippen MR) is 92.2 cm³/mol. The van der Waals surface area contributed by atoms with Crippen LogP contribution in [-0.4, -0.2) is 28.2 Å². The first-order chi connectivity index (χ1) is 11.7. The molecule has 2 unspecified atom stereocenters. The molecule has 0 bridgehead atoms. The maximum atomic E-state index is 13.2. The smallest absolute Gasteiger partial charge is 0.414 e. The minimum Gasteiger partial charge on any atom is -0.483 e. The number of hydrogen-bond donors (Lipinski definition) is 3. The summed E-state index contributed by atoms with van der Waals surface area (Å²) in [4.78, 5) is 19.3. The van der Waals surface area contributed by atoms with Crippen molar-refractivity contribution in [3.8, 4) is 5.75 Å². The lowest BCUT2D eigenvalue weighted by Crippen LogP contribution is -2.36. The summed E-state index contributed by atoms with van der Waals surface area (Å²) in [6.07, 6.45) is -0.248. The molecule has 0 spiro atoms. The van der Waals surface area contributed by atoms with E-state index in [2.05, 4.69) is 13.8 Å². The lowest BCUT2D eigenvalue weighted by Gasteiger charge is -2.27. The van der Waals surface area contributed by atoms with E-state index in [1.165, 1.54) is 12.1 Å². The van der Waals surface area contributed by atoms with Gasteiger partial charge in [0.1, 0.15) is 17.7 Å². The summed E-state index contributed by atoms with van der Waals surface area (Å²) in [5.41, 5.74) is 6.23. The molecular formula is C17H20FNO5S. The Balaban J connectivity index is 0.000000450. The van der Waals surface area contributed by atoms with Gasteiger partial charge in [-0.3, -0.25) is 0 Å². The van der Waals surface area contributed by atoms with Crippen LogP contribution in [0.4, 0.5) is 4.39 Å². The molecule has 2 aromatic rings. The molecule has 4 N–H and O–H groups in total. The van der Waals surface area contributed by atoms with Gasteiger partial charge in [-0.05, 0) is 29.5 Å². The fourth-order valence-corrected chi connectivity index (χ4v) is 2.63. The minimum absolute atomic E-state index is 0.137. The van der Waals surface area contributed by atoms with Crippen LogP contribution in [0, 0.1) is 11.7 Å². The number of ether oxygens (including phenoxy) is 1. The second-order valence-electron chi connectivity index (χ2n) is 5.44. The summed E-state index contributed by atoms with van der Waals surface area (Å²) in [6.45, 7) is 4.11. The second kappa shape index (κ2) is 9.75. The molecule has 25 heavy (non-hydrogen) atoms. The van der Waals surface area contributed by atoms with E-state index in [1.54, 1.807) is 23.5 Å². The van der Waals surface area contributed by atoms with Crippen molar-refractivity contribution in [1.82, 2.24) is 0 Å². The Hall–Kier alpha value is -2.45. The van der Waals surface area contributed by atoms with Gasteiger partial charge >= 0.3 is 11.9 Å². The number of carboxylic acids is 2. The van der Waals surface area contributed by atoms with Crippen molar-refractivity contribution < 1.29 is 28.9 Å². The Morgan fingerprint density at radius 3 is 2.24 bits per heavy atom. The minimum atomic E-state index is -1.82. The topological polar surface area (TPSA) is 110 Å². The van der Waals surface area contributed by atoms with Gasteiger partial charge in [-0.2, -0.15) is 0 Å². The molecule has 0 aliphatic heterocycles. The zero-order chi connectivity index (χ0) is 19.0. The van der Waals surface area contributed by atoms with E-state index in [0.29, 0.717) is 5.75 Å². The average molecular weight is 369 g/mol. The Labute approximate surface area is 148 Å². The van der Waals surface area contributed by atoms with Gasteiger partial charge in [0.05, 0.1) is 0 Å². The van der Waals surface area contributed by atoms with Crippen molar-refractivity contribution in [2.45, 2.75) is 26.0 Å². The number of benzene rings is 1. The standard InChI is InChI=1S/C15H18FNOS.C2H2O4/c1-10(2)14(17)15(13-7-4-8-19-13)18-12-6-3-5-11(16)9-12;3-1(4)2(5)6/h3-10,14-15H,17H2,1-2H3;(H,3,4)(H,5,6). The van der Waals surface area contributed by atoms with Crippen molar-refractivity contribution in [2.75, 3.05) is 0 Å². The zero-order valence-corrected chi connectivity index (χ0v) is 14.6. The van der Waals surface area contributed by atoms with E-state index in [-0.39, 0.29) is 23.9 Å². The Kier molecular flexibility index (Phi) is 8.03. The first-order valence-electron chi connectivity index (χ1n) is 7.39. The van der Waals surface area contributed by atoms with Crippen LogP contribution in [0.2, 0.25) is 0 Å². The molecule has 0 fully saturated rings. The number of rotatable bonds is 5. The SMILES string of the molecule is CC(C)C(N)C(Oc1cccc(F)c1)c1cccs1.O=C(O)C(=O)O. The third kappa shape index (κ3) is 6.90. The molecule has 1 aromatic carbocycles. The molecule has 6 nitrogen and oxygen atoms in total. The number of hydrogen-bond acceptors (Lipinski definition) is 5. The van der Waals surface area contributed by atoms with Crippen molar-refractivity contribution in [3.05, 3.63) is 52.5 Å². The first-order valence-corrected chi connectivity index (χ1v) is 8.27. The maximum absolute atomic E-state index is 13.2. The van der Waals surface area contributed by atoms with E-state index >= 15 is 0 Å². The number of carbonyl (C=O) groups is 2. The van der Waals surface area contributed by atoms with Gasteiger partial charge in [-0.25, -0.2) is 14.0 Å². The van der Waals surface area contributed by atoms with Crippen LogP contribution < -0.4 is 10.5 Å². The van der Waals surface area contributed by atoms with Gasteiger partial charge in [0, 0.05) is 17.0 Å². The molecule has 1 heterocycles. The normalized spacial score (nSPS) is 12.7. The highest BCUT2D eigenvalue weighted by atomic mass is 32.1. The number of nitrogens with two attached hydrogens (primary N) is 1. The lowest BCUT2D eigenvalue weighted by molar-refractivity contribution is -0.159. The lowest BCUT2D eigenvalue weighted by atomic mass is 9.98. The zero-order valence-electron chi connectivity index (χ0n) is 13.8. The molecule has 0 saturated carbocycles. The van der Waals surface area contributed by atoms with Crippen molar-refractivity contribution in [1.29, 1.82) is 0 Å². The van der Waals surface area contributed by atoms with Crippen LogP contribution in [-0.2, 0) is 9.59 Å². The molecule has 0 aliphatic rings. The first kappa shape index (κ1) is 20.6. The Bertz CT molecular complexity index is 678. The van der Waals surface area contributed by atoms with Crippen LogP contribution in [0.1, 0.15) is 24.8 Å². The van der Waals surface area contributed by atoms with Gasteiger partial charge in [0.25, 0.3) is 0 Å². The highest BCUT2D eigenvalue weighted by Gasteiger charge is 2.25. The molecule has 136 valence electrons. The van der Waals surface area contributed by atoms with Gasteiger partial charge in [-0.1, -0.05) is 26.0 Å². The molecule has 2 rings (SSSR count). The third-order valence-electron chi connectivity index (χ3n) is 3.19. The van der Waals surface area contributed by atoms with E-state index in [1.807, 2.05) is 17.5 Å². The fraction of sp³-hybridized carbons (Fsp3) is 0.294.